The number of nitrogens with zero attached hydrogens (tertiary/aromatic N) is 1. The number of nitrogens with one attached hydrogen (secondary N) is 1. The number of amides is 2. The average molecular weight is 377 g/mol. The molecule has 28 heavy (non-hydrogen) atoms. The molecule has 0 unspecified atom stereocenters. The molecule has 0 aliphatic carbocycles. The molecule has 0 spiro atoms. The van der Waals surface area contributed by atoms with Crippen molar-refractivity contribution in [2.24, 2.45) is 5.92 Å². The number of likely N-dealkylation sites (tertiary alicyclic amines) is 1. The third-order valence-electron chi connectivity index (χ3n) is 5.32. The van der Waals surface area contributed by atoms with Crippen LogP contribution in [0.1, 0.15) is 35.1 Å². The molecule has 1 saturated heterocycles. The highest BCUT2D eigenvalue weighted by Crippen LogP contribution is 2.19. The Bertz CT molecular complexity index is 850. The van der Waals surface area contributed by atoms with Crippen LogP contribution in [0.5, 0.6) is 0 Å². The lowest BCUT2D eigenvalue weighted by Crippen LogP contribution is -2.42. The van der Waals surface area contributed by atoms with E-state index in [-0.39, 0.29) is 17.7 Å². The quantitative estimate of drug-likeness (QED) is 0.806. The minimum atomic E-state index is -0.0175. The van der Waals surface area contributed by atoms with E-state index in [1.54, 1.807) is 6.08 Å². The minimum absolute atomic E-state index is 0.0168. The highest BCUT2D eigenvalue weighted by Gasteiger charge is 2.26. The van der Waals surface area contributed by atoms with Gasteiger partial charge in [0.25, 0.3) is 0 Å². The first-order valence-electron chi connectivity index (χ1n) is 9.89. The molecule has 2 amide bonds. The Hall–Kier alpha value is -2.88. The second-order valence-electron chi connectivity index (χ2n) is 7.50. The number of hydrogen-bond acceptors (Lipinski definition) is 2. The highest BCUT2D eigenvalue weighted by molar-refractivity contribution is 5.92. The predicted octanol–water partition coefficient (Wildman–Crippen LogP) is 3.87. The Morgan fingerprint density at radius 2 is 1.79 bits per heavy atom. The predicted molar refractivity (Wildman–Crippen MR) is 113 cm³/mol. The van der Waals surface area contributed by atoms with E-state index in [4.69, 9.17) is 0 Å². The number of benzene rings is 2. The molecular weight excluding hydrogens is 348 g/mol. The number of piperidine rings is 1. The second kappa shape index (κ2) is 9.36. The number of aryl methyl sites for hydroxylation is 2. The van der Waals surface area contributed by atoms with Crippen LogP contribution in [0.3, 0.4) is 0 Å². The number of rotatable bonds is 5. The molecule has 0 bridgehead atoms. The van der Waals surface area contributed by atoms with Gasteiger partial charge in [0.05, 0.1) is 0 Å². The molecule has 1 aliphatic rings. The van der Waals surface area contributed by atoms with Crippen LogP contribution in [0.4, 0.5) is 0 Å². The van der Waals surface area contributed by atoms with Gasteiger partial charge in [0, 0.05) is 31.6 Å². The van der Waals surface area contributed by atoms with E-state index in [2.05, 4.69) is 31.3 Å². The van der Waals surface area contributed by atoms with Crippen LogP contribution in [0.25, 0.3) is 6.08 Å². The van der Waals surface area contributed by atoms with Gasteiger partial charge in [-0.05, 0) is 49.5 Å². The van der Waals surface area contributed by atoms with E-state index in [0.717, 1.165) is 16.7 Å². The summed E-state index contributed by atoms with van der Waals surface area (Å²) in [4.78, 5) is 26.7. The van der Waals surface area contributed by atoms with Crippen LogP contribution >= 0.6 is 0 Å². The maximum absolute atomic E-state index is 12.5. The highest BCUT2D eigenvalue weighted by atomic mass is 16.2. The lowest BCUT2D eigenvalue weighted by atomic mass is 9.95. The molecule has 1 heterocycles. The van der Waals surface area contributed by atoms with E-state index in [9.17, 15) is 9.59 Å². The van der Waals surface area contributed by atoms with Gasteiger partial charge in [0.15, 0.2) is 0 Å². The molecule has 1 aliphatic heterocycles. The molecule has 0 atom stereocenters. The van der Waals surface area contributed by atoms with Gasteiger partial charge < -0.3 is 10.2 Å². The number of carbonyl (C=O) groups is 2. The summed E-state index contributed by atoms with van der Waals surface area (Å²) in [6.07, 6.45) is 4.96. The Morgan fingerprint density at radius 3 is 2.46 bits per heavy atom. The Morgan fingerprint density at radius 1 is 1.07 bits per heavy atom. The summed E-state index contributed by atoms with van der Waals surface area (Å²) in [6.45, 7) is 5.92. The molecule has 3 rings (SSSR count). The zero-order valence-electron chi connectivity index (χ0n) is 16.7. The topological polar surface area (TPSA) is 49.4 Å². The van der Waals surface area contributed by atoms with Gasteiger partial charge in [-0.25, -0.2) is 0 Å². The molecule has 146 valence electrons. The lowest BCUT2D eigenvalue weighted by molar-refractivity contribution is -0.132. The summed E-state index contributed by atoms with van der Waals surface area (Å²) >= 11 is 0. The zero-order valence-corrected chi connectivity index (χ0v) is 16.7. The molecule has 2 aromatic carbocycles. The molecule has 2 aromatic rings. The van der Waals surface area contributed by atoms with Crippen LogP contribution in [-0.4, -0.2) is 29.8 Å². The van der Waals surface area contributed by atoms with E-state index >= 15 is 0 Å². The summed E-state index contributed by atoms with van der Waals surface area (Å²) < 4.78 is 0. The van der Waals surface area contributed by atoms with Crippen LogP contribution < -0.4 is 5.32 Å². The molecule has 4 nitrogen and oxygen atoms in total. The van der Waals surface area contributed by atoms with Gasteiger partial charge in [0.1, 0.15) is 0 Å². The van der Waals surface area contributed by atoms with Crippen LogP contribution in [0.2, 0.25) is 0 Å². The van der Waals surface area contributed by atoms with Crippen LogP contribution in [0.15, 0.2) is 54.6 Å². The average Bonchev–Trinajstić information content (AvgIpc) is 2.72. The summed E-state index contributed by atoms with van der Waals surface area (Å²) in [6, 6.07) is 16.1. The van der Waals surface area contributed by atoms with Gasteiger partial charge in [-0.15, -0.1) is 0 Å². The van der Waals surface area contributed by atoms with E-state index < -0.39 is 0 Å². The van der Waals surface area contributed by atoms with Crippen molar-refractivity contribution in [3.05, 3.63) is 76.9 Å². The fraction of sp³-hybridized carbons (Fsp3) is 0.333. The Labute approximate surface area is 167 Å². The fourth-order valence-corrected chi connectivity index (χ4v) is 3.57. The SMILES string of the molecule is Cc1ccc(C=CC(=O)N2CCC(C(=O)NCc3ccccc3)CC2)c(C)c1. The Kier molecular flexibility index (Phi) is 6.64. The fourth-order valence-electron chi connectivity index (χ4n) is 3.57. The minimum Gasteiger partial charge on any atom is -0.352 e. The number of hydrogen-bond donors (Lipinski definition) is 1. The molecular formula is C24H28N2O2. The van der Waals surface area contributed by atoms with Crippen molar-refractivity contribution < 1.29 is 9.59 Å². The van der Waals surface area contributed by atoms with Gasteiger partial charge in [-0.1, -0.05) is 54.1 Å². The molecule has 0 aromatic heterocycles. The normalized spacial score (nSPS) is 15.0. The van der Waals surface area contributed by atoms with Crippen molar-refractivity contribution >= 4 is 17.9 Å². The standard InChI is InChI=1S/C24H28N2O2/c1-18-8-9-21(19(2)16-18)10-11-23(27)26-14-12-22(13-15-26)24(28)25-17-20-6-4-3-5-7-20/h3-11,16,22H,12-15,17H2,1-2H3,(H,25,28). The van der Waals surface area contributed by atoms with Crippen molar-refractivity contribution in [3.63, 3.8) is 0 Å². The van der Waals surface area contributed by atoms with Gasteiger partial charge in [-0.2, -0.15) is 0 Å². The smallest absolute Gasteiger partial charge is 0.246 e. The van der Waals surface area contributed by atoms with Crippen molar-refractivity contribution in [1.82, 2.24) is 10.2 Å². The summed E-state index contributed by atoms with van der Waals surface area (Å²) in [7, 11) is 0. The summed E-state index contributed by atoms with van der Waals surface area (Å²) in [5.41, 5.74) is 4.54. The van der Waals surface area contributed by atoms with Gasteiger partial charge in [-0.3, -0.25) is 9.59 Å². The Balaban J connectivity index is 1.47. The maximum Gasteiger partial charge on any atom is 0.246 e. The molecule has 4 heteroatoms. The van der Waals surface area contributed by atoms with Gasteiger partial charge in [0.2, 0.25) is 11.8 Å². The first kappa shape index (κ1) is 19.9. The van der Waals surface area contributed by atoms with E-state index in [0.29, 0.717) is 32.5 Å². The summed E-state index contributed by atoms with van der Waals surface area (Å²) in [5, 5.41) is 3.01. The number of carbonyl (C=O) groups excluding carboxylic acids is 2. The third kappa shape index (κ3) is 5.32. The molecule has 1 fully saturated rings. The lowest BCUT2D eigenvalue weighted by Gasteiger charge is -2.30. The van der Waals surface area contributed by atoms with E-state index in [1.165, 1.54) is 5.56 Å². The first-order valence-corrected chi connectivity index (χ1v) is 9.89. The van der Waals surface area contributed by atoms with Crippen molar-refractivity contribution in [3.8, 4) is 0 Å². The zero-order chi connectivity index (χ0) is 19.9. The monoisotopic (exact) mass is 376 g/mol. The largest absolute Gasteiger partial charge is 0.352 e. The molecule has 1 N–H and O–H groups in total. The van der Waals surface area contributed by atoms with Crippen molar-refractivity contribution in [2.75, 3.05) is 13.1 Å². The van der Waals surface area contributed by atoms with Crippen molar-refractivity contribution in [2.45, 2.75) is 33.2 Å². The molecule has 0 radical (unpaired) electrons. The van der Waals surface area contributed by atoms with Crippen molar-refractivity contribution in [1.29, 1.82) is 0 Å². The molecule has 0 saturated carbocycles. The van der Waals surface area contributed by atoms with Gasteiger partial charge >= 0.3 is 0 Å². The van der Waals surface area contributed by atoms with Crippen LogP contribution in [0, 0.1) is 19.8 Å². The maximum atomic E-state index is 12.5. The van der Waals surface area contributed by atoms with Crippen LogP contribution in [-0.2, 0) is 16.1 Å². The first-order chi connectivity index (χ1) is 13.5. The summed E-state index contributed by atoms with van der Waals surface area (Å²) in [5.74, 6) is 0.0842. The third-order valence-corrected chi connectivity index (χ3v) is 5.32. The van der Waals surface area contributed by atoms with E-state index in [1.807, 2.05) is 47.4 Å². The second-order valence-corrected chi connectivity index (χ2v) is 7.50.